The third-order valence-corrected chi connectivity index (χ3v) is 5.72. The summed E-state index contributed by atoms with van der Waals surface area (Å²) in [6.45, 7) is 3.23. The molecule has 0 aromatic heterocycles. The summed E-state index contributed by atoms with van der Waals surface area (Å²) in [6.07, 6.45) is 3.11. The van der Waals surface area contributed by atoms with Crippen LogP contribution in [0, 0.1) is 6.92 Å². The molecule has 1 aliphatic heterocycles. The Morgan fingerprint density at radius 3 is 2.66 bits per heavy atom. The average Bonchev–Trinajstić information content (AvgIpc) is 3.23. The molecule has 156 valence electrons. The van der Waals surface area contributed by atoms with E-state index in [0.29, 0.717) is 30.9 Å². The molecule has 0 spiro atoms. The minimum atomic E-state index is 0.0853. The maximum Gasteiger partial charge on any atom is 0.223 e. The first-order valence-corrected chi connectivity index (χ1v) is 10.3. The summed E-state index contributed by atoms with van der Waals surface area (Å²) >= 11 is 6.04. The summed E-state index contributed by atoms with van der Waals surface area (Å²) in [7, 11) is 3.25. The zero-order valence-corrected chi connectivity index (χ0v) is 18.0. The number of benzene rings is 2. The number of hydrogen-bond acceptors (Lipinski definition) is 4. The van der Waals surface area contributed by atoms with Crippen LogP contribution in [-0.2, 0) is 4.79 Å². The SMILES string of the molecule is COc1ccc(C2CCCN2C(=O)CCCOc2ccc(Cl)c(C)c2)cc1OC. The second-order valence-corrected chi connectivity index (χ2v) is 7.63. The van der Waals surface area contributed by atoms with Crippen molar-refractivity contribution in [3.8, 4) is 17.2 Å². The van der Waals surface area contributed by atoms with Crippen molar-refractivity contribution < 1.29 is 19.0 Å². The number of carbonyl (C=O) groups is 1. The second-order valence-electron chi connectivity index (χ2n) is 7.22. The molecular formula is C23H28ClNO4. The van der Waals surface area contributed by atoms with Gasteiger partial charge in [0.25, 0.3) is 0 Å². The lowest BCUT2D eigenvalue weighted by Gasteiger charge is -2.26. The van der Waals surface area contributed by atoms with Gasteiger partial charge in [0, 0.05) is 18.0 Å². The fourth-order valence-corrected chi connectivity index (χ4v) is 3.85. The van der Waals surface area contributed by atoms with Crippen LogP contribution in [0.3, 0.4) is 0 Å². The molecule has 1 fully saturated rings. The molecule has 1 amide bonds. The van der Waals surface area contributed by atoms with Gasteiger partial charge in [-0.25, -0.2) is 0 Å². The molecule has 2 aromatic carbocycles. The highest BCUT2D eigenvalue weighted by atomic mass is 35.5. The molecule has 1 unspecified atom stereocenters. The van der Waals surface area contributed by atoms with Gasteiger partial charge in [-0.05, 0) is 67.6 Å². The van der Waals surface area contributed by atoms with Crippen LogP contribution in [0.4, 0.5) is 0 Å². The lowest BCUT2D eigenvalue weighted by atomic mass is 10.0. The highest BCUT2D eigenvalue weighted by Gasteiger charge is 2.30. The van der Waals surface area contributed by atoms with Crippen LogP contribution in [0.25, 0.3) is 0 Å². The van der Waals surface area contributed by atoms with Crippen LogP contribution in [0.15, 0.2) is 36.4 Å². The van der Waals surface area contributed by atoms with E-state index in [1.54, 1.807) is 14.2 Å². The number of hydrogen-bond donors (Lipinski definition) is 0. The van der Waals surface area contributed by atoms with Gasteiger partial charge in [-0.15, -0.1) is 0 Å². The van der Waals surface area contributed by atoms with E-state index in [0.717, 1.165) is 41.3 Å². The molecule has 1 saturated heterocycles. The predicted octanol–water partition coefficient (Wildman–Crippen LogP) is 5.19. The third kappa shape index (κ3) is 5.15. The Balaban J connectivity index is 1.55. The second kappa shape index (κ2) is 9.88. The quantitative estimate of drug-likeness (QED) is 0.554. The van der Waals surface area contributed by atoms with Crippen molar-refractivity contribution in [2.45, 2.75) is 38.6 Å². The molecule has 0 saturated carbocycles. The number of carbonyl (C=O) groups excluding carboxylic acids is 1. The first kappa shape index (κ1) is 21.3. The zero-order valence-electron chi connectivity index (χ0n) is 17.2. The van der Waals surface area contributed by atoms with Crippen molar-refractivity contribution >= 4 is 17.5 Å². The molecule has 0 aliphatic carbocycles. The standard InChI is InChI=1S/C23H28ClNO4/c1-16-14-18(9-10-19(16)24)29-13-5-7-23(26)25-12-4-6-20(25)17-8-11-21(27-2)22(15-17)28-3/h8-11,14-15,20H,4-7,12-13H2,1-3H3. The number of aryl methyl sites for hydroxylation is 1. The van der Waals surface area contributed by atoms with E-state index in [9.17, 15) is 4.79 Å². The molecule has 0 N–H and O–H groups in total. The molecule has 1 heterocycles. The van der Waals surface area contributed by atoms with E-state index < -0.39 is 0 Å². The summed E-state index contributed by atoms with van der Waals surface area (Å²) in [5, 5.41) is 0.725. The van der Waals surface area contributed by atoms with Crippen LogP contribution < -0.4 is 14.2 Å². The Labute approximate surface area is 177 Å². The molecule has 0 radical (unpaired) electrons. The topological polar surface area (TPSA) is 48.0 Å². The van der Waals surface area contributed by atoms with Crippen molar-refractivity contribution in [2.24, 2.45) is 0 Å². The maximum absolute atomic E-state index is 12.8. The van der Waals surface area contributed by atoms with Gasteiger partial charge in [0.1, 0.15) is 5.75 Å². The normalized spacial score (nSPS) is 16.0. The highest BCUT2D eigenvalue weighted by molar-refractivity contribution is 6.31. The van der Waals surface area contributed by atoms with Crippen molar-refractivity contribution in [3.63, 3.8) is 0 Å². The first-order valence-electron chi connectivity index (χ1n) is 9.94. The predicted molar refractivity (Wildman–Crippen MR) is 114 cm³/mol. The van der Waals surface area contributed by atoms with Gasteiger partial charge in [0.2, 0.25) is 5.91 Å². The zero-order chi connectivity index (χ0) is 20.8. The van der Waals surface area contributed by atoms with Crippen molar-refractivity contribution in [1.82, 2.24) is 4.90 Å². The van der Waals surface area contributed by atoms with Crippen molar-refractivity contribution in [3.05, 3.63) is 52.5 Å². The minimum Gasteiger partial charge on any atom is -0.494 e. The van der Waals surface area contributed by atoms with E-state index in [1.807, 2.05) is 48.2 Å². The molecule has 3 rings (SSSR count). The van der Waals surface area contributed by atoms with Gasteiger partial charge in [0.15, 0.2) is 11.5 Å². The van der Waals surface area contributed by atoms with Gasteiger partial charge < -0.3 is 19.1 Å². The van der Waals surface area contributed by atoms with Crippen molar-refractivity contribution in [2.75, 3.05) is 27.4 Å². The molecule has 2 aromatic rings. The fourth-order valence-electron chi connectivity index (χ4n) is 3.74. The number of likely N-dealkylation sites (tertiary alicyclic amines) is 1. The first-order chi connectivity index (χ1) is 14.0. The Morgan fingerprint density at radius 1 is 1.14 bits per heavy atom. The van der Waals surface area contributed by atoms with Crippen LogP contribution in [0.2, 0.25) is 5.02 Å². The summed E-state index contributed by atoms with van der Waals surface area (Å²) in [5.74, 6) is 2.33. The average molecular weight is 418 g/mol. The van der Waals surface area contributed by atoms with E-state index in [1.165, 1.54) is 0 Å². The Kier molecular flexibility index (Phi) is 7.26. The third-order valence-electron chi connectivity index (χ3n) is 5.30. The number of rotatable bonds is 8. The Bertz CT molecular complexity index is 855. The minimum absolute atomic E-state index is 0.0853. The lowest BCUT2D eigenvalue weighted by molar-refractivity contribution is -0.132. The lowest BCUT2D eigenvalue weighted by Crippen LogP contribution is -2.30. The van der Waals surface area contributed by atoms with E-state index >= 15 is 0 Å². The Hall–Kier alpha value is -2.40. The molecule has 1 aliphatic rings. The molecule has 1 atom stereocenters. The fraction of sp³-hybridized carbons (Fsp3) is 0.435. The van der Waals surface area contributed by atoms with Crippen molar-refractivity contribution in [1.29, 1.82) is 0 Å². The Morgan fingerprint density at radius 2 is 1.93 bits per heavy atom. The monoisotopic (exact) mass is 417 g/mol. The van der Waals surface area contributed by atoms with Crippen LogP contribution in [0.1, 0.15) is 42.9 Å². The van der Waals surface area contributed by atoms with E-state index in [2.05, 4.69) is 0 Å². The number of methoxy groups -OCH3 is 2. The van der Waals surface area contributed by atoms with Crippen LogP contribution >= 0.6 is 11.6 Å². The number of nitrogens with zero attached hydrogens (tertiary/aromatic N) is 1. The summed E-state index contributed by atoms with van der Waals surface area (Å²) < 4.78 is 16.5. The molecular weight excluding hydrogens is 390 g/mol. The molecule has 0 bridgehead atoms. The van der Waals surface area contributed by atoms with E-state index in [-0.39, 0.29) is 11.9 Å². The van der Waals surface area contributed by atoms with E-state index in [4.69, 9.17) is 25.8 Å². The maximum atomic E-state index is 12.8. The smallest absolute Gasteiger partial charge is 0.223 e. The van der Waals surface area contributed by atoms with Crippen LogP contribution in [-0.4, -0.2) is 38.2 Å². The largest absolute Gasteiger partial charge is 0.494 e. The highest BCUT2D eigenvalue weighted by Crippen LogP contribution is 2.37. The molecule has 5 nitrogen and oxygen atoms in total. The van der Waals surface area contributed by atoms with Gasteiger partial charge in [-0.2, -0.15) is 0 Å². The number of ether oxygens (including phenoxy) is 3. The summed E-state index contributed by atoms with van der Waals surface area (Å²) in [5.41, 5.74) is 2.07. The van der Waals surface area contributed by atoms with Gasteiger partial charge in [-0.3, -0.25) is 4.79 Å². The van der Waals surface area contributed by atoms with Crippen LogP contribution in [0.5, 0.6) is 17.2 Å². The number of amides is 1. The molecule has 6 heteroatoms. The van der Waals surface area contributed by atoms with Gasteiger partial charge >= 0.3 is 0 Å². The summed E-state index contributed by atoms with van der Waals surface area (Å²) in [6, 6.07) is 11.6. The van der Waals surface area contributed by atoms with Gasteiger partial charge in [0.05, 0.1) is 26.9 Å². The van der Waals surface area contributed by atoms with Gasteiger partial charge in [-0.1, -0.05) is 17.7 Å². The summed E-state index contributed by atoms with van der Waals surface area (Å²) in [4.78, 5) is 14.8. The number of halogens is 1. The molecule has 29 heavy (non-hydrogen) atoms.